The fraction of sp³-hybridized carbons (Fsp3) is 0.364. The van der Waals surface area contributed by atoms with E-state index in [2.05, 4.69) is 4.74 Å². The Bertz CT molecular complexity index is 406. The van der Waals surface area contributed by atoms with Crippen molar-refractivity contribution in [3.05, 3.63) is 29.8 Å². The summed E-state index contributed by atoms with van der Waals surface area (Å²) in [6.45, 7) is -2.86. The Labute approximate surface area is 90.7 Å². The van der Waals surface area contributed by atoms with Gasteiger partial charge in [0.1, 0.15) is 5.75 Å². The number of hydrogen-bond acceptors (Lipinski definition) is 2. The molecular weight excluding hydrogens is 218 g/mol. The van der Waals surface area contributed by atoms with Crippen LogP contribution in [0.5, 0.6) is 5.75 Å². The van der Waals surface area contributed by atoms with Crippen molar-refractivity contribution in [3.8, 4) is 5.75 Å². The highest BCUT2D eigenvalue weighted by Gasteiger charge is 2.44. The van der Waals surface area contributed by atoms with Crippen molar-refractivity contribution in [2.24, 2.45) is 5.92 Å². The van der Waals surface area contributed by atoms with Crippen molar-refractivity contribution in [1.82, 2.24) is 0 Å². The zero-order valence-electron chi connectivity index (χ0n) is 8.27. The Morgan fingerprint density at radius 3 is 2.81 bits per heavy atom. The van der Waals surface area contributed by atoms with E-state index in [9.17, 15) is 13.6 Å². The van der Waals surface area contributed by atoms with Crippen LogP contribution in [0.1, 0.15) is 17.9 Å². The number of halogens is 2. The number of ether oxygens (including phenoxy) is 1. The molecule has 1 aromatic carbocycles. The van der Waals surface area contributed by atoms with Crippen LogP contribution < -0.4 is 4.74 Å². The van der Waals surface area contributed by atoms with E-state index in [-0.39, 0.29) is 17.6 Å². The van der Waals surface area contributed by atoms with Crippen LogP contribution in [0.3, 0.4) is 0 Å². The summed E-state index contributed by atoms with van der Waals surface area (Å²) in [5.74, 6) is -1.23. The Balaban J connectivity index is 2.09. The topological polar surface area (TPSA) is 46.5 Å². The second kappa shape index (κ2) is 4.08. The Morgan fingerprint density at radius 2 is 2.25 bits per heavy atom. The maximum absolute atomic E-state index is 12.0. The van der Waals surface area contributed by atoms with Crippen molar-refractivity contribution in [1.29, 1.82) is 0 Å². The van der Waals surface area contributed by atoms with Gasteiger partial charge in [-0.15, -0.1) is 0 Å². The van der Waals surface area contributed by atoms with Gasteiger partial charge in [-0.3, -0.25) is 4.79 Å². The highest BCUT2D eigenvalue weighted by molar-refractivity contribution is 5.75. The molecular formula is C11H10F2O3. The lowest BCUT2D eigenvalue weighted by Crippen LogP contribution is -2.02. The molecule has 0 aliphatic heterocycles. The third-order valence-corrected chi connectivity index (χ3v) is 2.62. The molecule has 1 aromatic rings. The van der Waals surface area contributed by atoms with Crippen LogP contribution in [0.2, 0.25) is 0 Å². The second-order valence-corrected chi connectivity index (χ2v) is 3.74. The highest BCUT2D eigenvalue weighted by atomic mass is 19.3. The Hall–Kier alpha value is -1.65. The van der Waals surface area contributed by atoms with E-state index in [1.165, 1.54) is 12.1 Å². The summed E-state index contributed by atoms with van der Waals surface area (Å²) in [6, 6.07) is 6.21. The smallest absolute Gasteiger partial charge is 0.387 e. The molecule has 0 bridgehead atoms. The third kappa shape index (κ3) is 2.29. The van der Waals surface area contributed by atoms with Gasteiger partial charge in [-0.25, -0.2) is 0 Å². The molecule has 0 amide bonds. The number of carbonyl (C=O) groups is 1. The molecule has 0 radical (unpaired) electrons. The summed E-state index contributed by atoms with van der Waals surface area (Å²) in [4.78, 5) is 10.7. The Morgan fingerprint density at radius 1 is 1.50 bits per heavy atom. The van der Waals surface area contributed by atoms with Gasteiger partial charge in [0.05, 0.1) is 5.92 Å². The molecule has 1 N–H and O–H groups in total. The number of rotatable bonds is 4. The monoisotopic (exact) mass is 228 g/mol. The minimum absolute atomic E-state index is 0.0706. The van der Waals surface area contributed by atoms with E-state index < -0.39 is 12.6 Å². The number of alkyl halides is 2. The number of carboxylic acids is 1. The molecule has 1 saturated carbocycles. The lowest BCUT2D eigenvalue weighted by Gasteiger charge is -2.06. The van der Waals surface area contributed by atoms with E-state index in [1.807, 2.05) is 0 Å². The van der Waals surface area contributed by atoms with Crippen molar-refractivity contribution < 1.29 is 23.4 Å². The van der Waals surface area contributed by atoms with Crippen LogP contribution >= 0.6 is 0 Å². The van der Waals surface area contributed by atoms with Gasteiger partial charge in [0.2, 0.25) is 0 Å². The van der Waals surface area contributed by atoms with Gasteiger partial charge in [0.15, 0.2) is 0 Å². The zero-order chi connectivity index (χ0) is 11.7. The minimum Gasteiger partial charge on any atom is -0.481 e. The molecule has 3 nitrogen and oxygen atoms in total. The lowest BCUT2D eigenvalue weighted by molar-refractivity contribution is -0.138. The number of hydrogen-bond donors (Lipinski definition) is 1. The number of benzene rings is 1. The first kappa shape index (κ1) is 10.9. The molecule has 1 fully saturated rings. The van der Waals surface area contributed by atoms with Crippen LogP contribution in [-0.4, -0.2) is 17.7 Å². The van der Waals surface area contributed by atoms with Crippen LogP contribution in [0.4, 0.5) is 8.78 Å². The predicted molar refractivity (Wildman–Crippen MR) is 51.6 cm³/mol. The van der Waals surface area contributed by atoms with Crippen molar-refractivity contribution in [2.45, 2.75) is 19.0 Å². The molecule has 2 atom stereocenters. The normalized spacial score (nSPS) is 23.2. The second-order valence-electron chi connectivity index (χ2n) is 3.74. The molecule has 86 valence electrons. The molecule has 1 aliphatic carbocycles. The van der Waals surface area contributed by atoms with E-state index >= 15 is 0 Å². The van der Waals surface area contributed by atoms with E-state index in [1.54, 1.807) is 12.1 Å². The quantitative estimate of drug-likeness (QED) is 0.861. The first-order valence-electron chi connectivity index (χ1n) is 4.85. The van der Waals surface area contributed by atoms with Crippen LogP contribution in [0.15, 0.2) is 24.3 Å². The van der Waals surface area contributed by atoms with Gasteiger partial charge in [-0.2, -0.15) is 8.78 Å². The molecule has 1 aliphatic rings. The average molecular weight is 228 g/mol. The molecule has 0 aromatic heterocycles. The molecule has 16 heavy (non-hydrogen) atoms. The van der Waals surface area contributed by atoms with E-state index in [4.69, 9.17) is 5.11 Å². The van der Waals surface area contributed by atoms with Gasteiger partial charge in [-0.1, -0.05) is 12.1 Å². The van der Waals surface area contributed by atoms with Gasteiger partial charge >= 0.3 is 12.6 Å². The number of aliphatic carboxylic acids is 1. The average Bonchev–Trinajstić information content (AvgIpc) is 2.96. The lowest BCUT2D eigenvalue weighted by atomic mass is 10.1. The van der Waals surface area contributed by atoms with E-state index in [0.717, 1.165) is 5.56 Å². The van der Waals surface area contributed by atoms with Crippen LogP contribution in [0.25, 0.3) is 0 Å². The minimum atomic E-state index is -2.86. The molecule has 0 heterocycles. The molecule has 0 saturated heterocycles. The van der Waals surface area contributed by atoms with Crippen LogP contribution in [0, 0.1) is 5.92 Å². The standard InChI is InChI=1S/C11H10F2O3/c12-11(13)16-7-3-1-2-6(4-7)8-5-9(8)10(14)15/h1-4,8-9,11H,5H2,(H,14,15)/t8-,9+/m0/s1. The summed E-state index contributed by atoms with van der Waals surface area (Å²) in [7, 11) is 0. The molecule has 5 heteroatoms. The summed E-state index contributed by atoms with van der Waals surface area (Å²) in [5.41, 5.74) is 0.741. The van der Waals surface area contributed by atoms with Crippen LogP contribution in [-0.2, 0) is 4.79 Å². The van der Waals surface area contributed by atoms with E-state index in [0.29, 0.717) is 6.42 Å². The SMILES string of the molecule is O=C(O)[C@@H]1C[C@H]1c1cccc(OC(F)F)c1. The summed E-state index contributed by atoms with van der Waals surface area (Å²) >= 11 is 0. The molecule has 0 unspecified atom stereocenters. The van der Waals surface area contributed by atoms with Gasteiger partial charge in [-0.05, 0) is 30.0 Å². The fourth-order valence-corrected chi connectivity index (χ4v) is 1.76. The maximum Gasteiger partial charge on any atom is 0.387 e. The third-order valence-electron chi connectivity index (χ3n) is 2.62. The first-order chi connectivity index (χ1) is 7.58. The summed E-state index contributed by atoms with van der Waals surface area (Å²) in [5, 5.41) is 8.75. The highest BCUT2D eigenvalue weighted by Crippen LogP contribution is 2.48. The largest absolute Gasteiger partial charge is 0.481 e. The van der Waals surface area contributed by atoms with Crippen molar-refractivity contribution in [3.63, 3.8) is 0 Å². The summed E-state index contributed by atoms with van der Waals surface area (Å²) < 4.78 is 28.2. The predicted octanol–water partition coefficient (Wildman–Crippen LogP) is 2.48. The molecule has 2 rings (SSSR count). The van der Waals surface area contributed by atoms with Gasteiger partial charge in [0, 0.05) is 0 Å². The summed E-state index contributed by atoms with van der Waals surface area (Å²) in [6.07, 6.45) is 0.563. The number of carboxylic acid groups (broad SMARTS) is 1. The van der Waals surface area contributed by atoms with Crippen molar-refractivity contribution in [2.75, 3.05) is 0 Å². The Kier molecular flexibility index (Phi) is 2.77. The maximum atomic E-state index is 12.0. The fourth-order valence-electron chi connectivity index (χ4n) is 1.76. The first-order valence-corrected chi connectivity index (χ1v) is 4.85. The zero-order valence-corrected chi connectivity index (χ0v) is 8.27. The van der Waals surface area contributed by atoms with Crippen molar-refractivity contribution >= 4 is 5.97 Å². The van der Waals surface area contributed by atoms with Gasteiger partial charge < -0.3 is 9.84 Å². The molecule has 0 spiro atoms. The van der Waals surface area contributed by atoms with Gasteiger partial charge in [0.25, 0.3) is 0 Å².